The zero-order valence-electron chi connectivity index (χ0n) is 19.6. The van der Waals surface area contributed by atoms with E-state index in [4.69, 9.17) is 9.26 Å². The highest BCUT2D eigenvalue weighted by molar-refractivity contribution is 7.89. The van der Waals surface area contributed by atoms with Crippen molar-refractivity contribution >= 4 is 21.8 Å². The third-order valence-corrected chi connectivity index (χ3v) is 7.47. The summed E-state index contributed by atoms with van der Waals surface area (Å²) in [5.41, 5.74) is 1.50. The predicted molar refractivity (Wildman–Crippen MR) is 121 cm³/mol. The van der Waals surface area contributed by atoms with Crippen LogP contribution in [0.25, 0.3) is 5.82 Å². The predicted octanol–water partition coefficient (Wildman–Crippen LogP) is 3.60. The number of ketones is 1. The summed E-state index contributed by atoms with van der Waals surface area (Å²) in [5, 5.41) is 3.96. The maximum atomic E-state index is 14.3. The number of carbonyl (C=O) groups excluding carboxylic acids is 2. The summed E-state index contributed by atoms with van der Waals surface area (Å²) in [6.07, 6.45) is 0. The molecule has 0 saturated heterocycles. The highest BCUT2D eigenvalue weighted by Crippen LogP contribution is 2.23. The van der Waals surface area contributed by atoms with Gasteiger partial charge in [0.1, 0.15) is 16.5 Å². The van der Waals surface area contributed by atoms with E-state index >= 15 is 0 Å². The molecule has 3 rings (SSSR count). The van der Waals surface area contributed by atoms with E-state index in [0.717, 1.165) is 28.2 Å². The SMILES string of the molecule is CCN(CC)S(=O)(=O)c1cc(C(=O)OCC(=O)c2cc(C)n(-c3cc(C)on3)c2C)ccc1F. The molecule has 2 aromatic heterocycles. The number of aryl methyl sites for hydroxylation is 2. The van der Waals surface area contributed by atoms with Crippen molar-refractivity contribution in [3.63, 3.8) is 0 Å². The number of nitrogens with zero attached hydrogens (tertiary/aromatic N) is 3. The van der Waals surface area contributed by atoms with Crippen LogP contribution >= 0.6 is 0 Å². The number of sulfonamides is 1. The molecule has 0 saturated carbocycles. The normalized spacial score (nSPS) is 11.7. The highest BCUT2D eigenvalue weighted by atomic mass is 32.2. The lowest BCUT2D eigenvalue weighted by molar-refractivity contribution is 0.0474. The molecule has 182 valence electrons. The molecular weight excluding hydrogens is 465 g/mol. The van der Waals surface area contributed by atoms with Crippen molar-refractivity contribution in [1.82, 2.24) is 14.0 Å². The Labute approximate surface area is 197 Å². The van der Waals surface area contributed by atoms with Crippen LogP contribution in [0.5, 0.6) is 0 Å². The first kappa shape index (κ1) is 25.3. The van der Waals surface area contributed by atoms with Crippen molar-refractivity contribution in [2.75, 3.05) is 19.7 Å². The number of carbonyl (C=O) groups is 2. The van der Waals surface area contributed by atoms with Gasteiger partial charge in [-0.25, -0.2) is 17.6 Å². The van der Waals surface area contributed by atoms with Gasteiger partial charge in [-0.2, -0.15) is 4.31 Å². The smallest absolute Gasteiger partial charge is 0.338 e. The third kappa shape index (κ3) is 4.80. The molecule has 0 bridgehead atoms. The summed E-state index contributed by atoms with van der Waals surface area (Å²) in [6, 6.07) is 6.31. The highest BCUT2D eigenvalue weighted by Gasteiger charge is 2.27. The van der Waals surface area contributed by atoms with Crippen LogP contribution in [0, 0.1) is 26.6 Å². The van der Waals surface area contributed by atoms with Crippen LogP contribution in [-0.2, 0) is 14.8 Å². The monoisotopic (exact) mass is 491 g/mol. The van der Waals surface area contributed by atoms with Crippen molar-refractivity contribution in [1.29, 1.82) is 0 Å². The first-order valence-electron chi connectivity index (χ1n) is 10.6. The lowest BCUT2D eigenvalue weighted by Gasteiger charge is -2.19. The number of aromatic nitrogens is 2. The molecule has 0 aliphatic rings. The average molecular weight is 492 g/mol. The first-order valence-corrected chi connectivity index (χ1v) is 12.1. The Kier molecular flexibility index (Phi) is 7.37. The van der Waals surface area contributed by atoms with E-state index in [9.17, 15) is 22.4 Å². The van der Waals surface area contributed by atoms with E-state index in [-0.39, 0.29) is 18.7 Å². The van der Waals surface area contributed by atoms with Gasteiger partial charge in [0, 0.05) is 36.1 Å². The summed E-state index contributed by atoms with van der Waals surface area (Å²) < 4.78 is 52.7. The van der Waals surface area contributed by atoms with Crippen molar-refractivity contribution in [2.45, 2.75) is 39.5 Å². The molecule has 9 nitrogen and oxygen atoms in total. The van der Waals surface area contributed by atoms with Crippen molar-refractivity contribution < 1.29 is 31.7 Å². The molecule has 3 aromatic rings. The van der Waals surface area contributed by atoms with E-state index in [2.05, 4.69) is 5.16 Å². The van der Waals surface area contributed by atoms with E-state index < -0.39 is 39.1 Å². The van der Waals surface area contributed by atoms with Gasteiger partial charge in [-0.1, -0.05) is 19.0 Å². The van der Waals surface area contributed by atoms with Gasteiger partial charge in [0.2, 0.25) is 15.8 Å². The fourth-order valence-corrected chi connectivity index (χ4v) is 5.23. The van der Waals surface area contributed by atoms with Crippen LogP contribution in [0.1, 0.15) is 51.7 Å². The molecule has 0 fully saturated rings. The Morgan fingerprint density at radius 1 is 1.12 bits per heavy atom. The Morgan fingerprint density at radius 3 is 2.38 bits per heavy atom. The van der Waals surface area contributed by atoms with Crippen LogP contribution in [0.3, 0.4) is 0 Å². The summed E-state index contributed by atoms with van der Waals surface area (Å²) in [7, 11) is -4.13. The van der Waals surface area contributed by atoms with Gasteiger partial charge in [0.15, 0.2) is 12.4 Å². The van der Waals surface area contributed by atoms with Gasteiger partial charge < -0.3 is 9.26 Å². The number of halogens is 1. The Balaban J connectivity index is 1.79. The number of hydrogen-bond donors (Lipinski definition) is 0. The number of rotatable bonds is 9. The largest absolute Gasteiger partial charge is 0.454 e. The second kappa shape index (κ2) is 9.90. The molecule has 0 aliphatic heterocycles. The molecule has 34 heavy (non-hydrogen) atoms. The zero-order chi connectivity index (χ0) is 25.2. The molecule has 0 spiro atoms. The van der Waals surface area contributed by atoms with Gasteiger partial charge in [-0.05, 0) is 45.0 Å². The molecule has 11 heteroatoms. The van der Waals surface area contributed by atoms with Crippen LogP contribution in [-0.4, -0.2) is 53.9 Å². The van der Waals surface area contributed by atoms with Crippen LogP contribution < -0.4 is 0 Å². The van der Waals surface area contributed by atoms with Crippen molar-refractivity contribution in [2.24, 2.45) is 0 Å². The van der Waals surface area contributed by atoms with E-state index in [0.29, 0.717) is 22.8 Å². The summed E-state index contributed by atoms with van der Waals surface area (Å²) in [4.78, 5) is 24.7. The van der Waals surface area contributed by atoms with E-state index in [1.807, 2.05) is 0 Å². The molecule has 0 unspecified atom stereocenters. The average Bonchev–Trinajstić information content (AvgIpc) is 3.34. The minimum atomic E-state index is -4.13. The van der Waals surface area contributed by atoms with Gasteiger partial charge in [-0.15, -0.1) is 0 Å². The Hall–Kier alpha value is -3.31. The molecule has 0 N–H and O–H groups in total. The van der Waals surface area contributed by atoms with E-state index in [1.54, 1.807) is 51.3 Å². The minimum absolute atomic E-state index is 0.147. The quantitative estimate of drug-likeness (QED) is 0.332. The van der Waals surface area contributed by atoms with Crippen molar-refractivity contribution in [3.8, 4) is 5.82 Å². The van der Waals surface area contributed by atoms with Crippen LogP contribution in [0.15, 0.2) is 39.8 Å². The lowest BCUT2D eigenvalue weighted by atomic mass is 10.1. The third-order valence-electron chi connectivity index (χ3n) is 5.40. The topological polar surface area (TPSA) is 112 Å². The Morgan fingerprint density at radius 2 is 1.79 bits per heavy atom. The van der Waals surface area contributed by atoms with Gasteiger partial charge >= 0.3 is 5.97 Å². The molecular formula is C23H26FN3O6S. The van der Waals surface area contributed by atoms with Crippen LogP contribution in [0.2, 0.25) is 0 Å². The van der Waals surface area contributed by atoms with E-state index in [1.165, 1.54) is 0 Å². The number of hydrogen-bond acceptors (Lipinski definition) is 7. The second-order valence-corrected chi connectivity index (χ2v) is 9.56. The minimum Gasteiger partial charge on any atom is -0.454 e. The summed E-state index contributed by atoms with van der Waals surface area (Å²) >= 11 is 0. The maximum Gasteiger partial charge on any atom is 0.338 e. The second-order valence-electron chi connectivity index (χ2n) is 7.65. The summed E-state index contributed by atoms with van der Waals surface area (Å²) in [5.74, 6) is -1.23. The zero-order valence-corrected chi connectivity index (χ0v) is 20.4. The number of esters is 1. The first-order chi connectivity index (χ1) is 16.0. The maximum absolute atomic E-state index is 14.3. The van der Waals surface area contributed by atoms with Crippen LogP contribution in [0.4, 0.5) is 4.39 Å². The molecule has 1 aromatic carbocycles. The standard InChI is InChI=1S/C23H26FN3O6S/c1-6-26(7-2)34(30,31)21-12-17(8-9-19(21)24)23(29)32-13-20(28)18-10-14(3)27(16(18)5)22-11-15(4)33-25-22/h8-12H,6-7,13H2,1-5H3. The molecule has 0 radical (unpaired) electrons. The van der Waals surface area contributed by atoms with Gasteiger partial charge in [0.25, 0.3) is 0 Å². The lowest BCUT2D eigenvalue weighted by Crippen LogP contribution is -2.31. The molecule has 0 atom stereocenters. The van der Waals surface area contributed by atoms with Crippen molar-refractivity contribution in [3.05, 3.63) is 64.4 Å². The molecule has 2 heterocycles. The molecule has 0 aliphatic carbocycles. The number of benzene rings is 1. The van der Waals surface area contributed by atoms with Gasteiger partial charge in [0.05, 0.1) is 5.56 Å². The number of ether oxygens (including phenoxy) is 1. The van der Waals surface area contributed by atoms with Gasteiger partial charge in [-0.3, -0.25) is 9.36 Å². The fourth-order valence-electron chi connectivity index (χ4n) is 3.68. The Bertz CT molecular complexity index is 1340. The number of Topliss-reactive ketones (excluding diaryl/α,β-unsaturated/α-hetero) is 1. The summed E-state index contributed by atoms with van der Waals surface area (Å²) in [6.45, 7) is 8.27. The molecule has 0 amide bonds. The fraction of sp³-hybridized carbons (Fsp3) is 0.348.